The number of nitrogens with zero attached hydrogens (tertiary/aromatic N) is 2. The molecule has 21 heavy (non-hydrogen) atoms. The molecule has 9 heteroatoms. The van der Waals surface area contributed by atoms with Crippen LogP contribution in [-0.2, 0) is 16.4 Å². The Labute approximate surface area is 125 Å². The highest BCUT2D eigenvalue weighted by molar-refractivity contribution is 7.92. The number of anilines is 1. The largest absolute Gasteiger partial charge is 0.367 e. The quantitative estimate of drug-likeness (QED) is 0.668. The summed E-state index contributed by atoms with van der Waals surface area (Å²) in [6.07, 6.45) is 4.36. The zero-order valence-corrected chi connectivity index (χ0v) is 13.0. The van der Waals surface area contributed by atoms with Crippen LogP contribution in [-0.4, -0.2) is 24.6 Å². The summed E-state index contributed by atoms with van der Waals surface area (Å²) in [4.78, 5) is 14.4. The second-order valence-corrected chi connectivity index (χ2v) is 7.76. The van der Waals surface area contributed by atoms with E-state index in [1.54, 1.807) is 18.5 Å². The zero-order valence-electron chi connectivity index (χ0n) is 11.4. The van der Waals surface area contributed by atoms with Crippen molar-refractivity contribution in [3.63, 3.8) is 0 Å². The molecular weight excluding hydrogens is 314 g/mol. The number of aromatic nitrogens is 1. The fourth-order valence-corrected chi connectivity index (χ4v) is 3.62. The standard InChI is InChI=1S/C12H13N3O4S2/c1-8-6-13-4-3-9(8)7-14-12-10(15(16)17)5-11(20-12)21(2,18)19/h3-6,14H,7H2,1-2H3. The highest BCUT2D eigenvalue weighted by Gasteiger charge is 2.23. The Bertz CT molecular complexity index is 784. The fourth-order valence-electron chi connectivity index (χ4n) is 1.68. The number of thiophene rings is 1. The molecule has 0 unspecified atom stereocenters. The van der Waals surface area contributed by atoms with Crippen molar-refractivity contribution in [1.29, 1.82) is 0 Å². The molecule has 0 aliphatic heterocycles. The molecule has 2 heterocycles. The number of pyridine rings is 1. The van der Waals surface area contributed by atoms with Gasteiger partial charge in [-0.15, -0.1) is 0 Å². The van der Waals surface area contributed by atoms with E-state index in [-0.39, 0.29) is 14.9 Å². The molecule has 0 amide bonds. The summed E-state index contributed by atoms with van der Waals surface area (Å²) in [5.74, 6) is 0. The van der Waals surface area contributed by atoms with Gasteiger partial charge in [0, 0.05) is 31.3 Å². The van der Waals surface area contributed by atoms with Gasteiger partial charge in [0.1, 0.15) is 4.21 Å². The van der Waals surface area contributed by atoms with Crippen LogP contribution in [0.1, 0.15) is 11.1 Å². The van der Waals surface area contributed by atoms with Crippen LogP contribution in [0.4, 0.5) is 10.7 Å². The molecule has 112 valence electrons. The number of hydrogen-bond acceptors (Lipinski definition) is 7. The monoisotopic (exact) mass is 327 g/mol. The zero-order chi connectivity index (χ0) is 15.6. The summed E-state index contributed by atoms with van der Waals surface area (Å²) in [6.45, 7) is 2.24. The molecule has 1 N–H and O–H groups in total. The van der Waals surface area contributed by atoms with E-state index >= 15 is 0 Å². The molecule has 0 aromatic carbocycles. The van der Waals surface area contributed by atoms with Crippen LogP contribution < -0.4 is 5.32 Å². The Morgan fingerprint density at radius 2 is 2.19 bits per heavy atom. The number of aryl methyl sites for hydroxylation is 1. The van der Waals surface area contributed by atoms with Crippen molar-refractivity contribution >= 4 is 31.9 Å². The highest BCUT2D eigenvalue weighted by atomic mass is 32.2. The third-order valence-electron chi connectivity index (χ3n) is 2.83. The van der Waals surface area contributed by atoms with Gasteiger partial charge in [-0.25, -0.2) is 8.42 Å². The molecule has 0 atom stereocenters. The number of hydrogen-bond donors (Lipinski definition) is 1. The first-order valence-electron chi connectivity index (χ1n) is 5.90. The first-order chi connectivity index (χ1) is 9.79. The van der Waals surface area contributed by atoms with Crippen molar-refractivity contribution in [3.8, 4) is 0 Å². The maximum absolute atomic E-state index is 11.5. The topological polar surface area (TPSA) is 102 Å². The Morgan fingerprint density at radius 3 is 2.76 bits per heavy atom. The third-order valence-corrected chi connectivity index (χ3v) is 5.71. The molecule has 0 fully saturated rings. The molecule has 2 aromatic heterocycles. The van der Waals surface area contributed by atoms with Crippen LogP contribution in [0.2, 0.25) is 0 Å². The molecule has 0 saturated carbocycles. The van der Waals surface area contributed by atoms with E-state index in [9.17, 15) is 18.5 Å². The Morgan fingerprint density at radius 1 is 1.48 bits per heavy atom. The molecular formula is C12H13N3O4S2. The van der Waals surface area contributed by atoms with Gasteiger partial charge in [0.2, 0.25) is 0 Å². The molecule has 0 aliphatic rings. The predicted octanol–water partition coefficient (Wildman–Crippen LogP) is 2.38. The van der Waals surface area contributed by atoms with Crippen LogP contribution >= 0.6 is 11.3 Å². The lowest BCUT2D eigenvalue weighted by atomic mass is 10.1. The van der Waals surface area contributed by atoms with Crippen LogP contribution in [0.3, 0.4) is 0 Å². The second kappa shape index (κ2) is 5.78. The lowest BCUT2D eigenvalue weighted by molar-refractivity contribution is -0.383. The number of rotatable bonds is 5. The van der Waals surface area contributed by atoms with Gasteiger partial charge in [0.15, 0.2) is 14.8 Å². The van der Waals surface area contributed by atoms with Gasteiger partial charge in [-0.05, 0) is 24.1 Å². The molecule has 0 radical (unpaired) electrons. The van der Waals surface area contributed by atoms with Crippen molar-refractivity contribution < 1.29 is 13.3 Å². The van der Waals surface area contributed by atoms with E-state index in [1.807, 2.05) is 6.92 Å². The fraction of sp³-hybridized carbons (Fsp3) is 0.250. The van der Waals surface area contributed by atoms with E-state index in [0.717, 1.165) is 34.8 Å². The van der Waals surface area contributed by atoms with Crippen molar-refractivity contribution in [2.24, 2.45) is 0 Å². The van der Waals surface area contributed by atoms with Crippen molar-refractivity contribution in [2.45, 2.75) is 17.7 Å². The van der Waals surface area contributed by atoms with Crippen molar-refractivity contribution in [1.82, 2.24) is 4.98 Å². The Balaban J connectivity index is 2.29. The number of nitro groups is 1. The maximum atomic E-state index is 11.5. The predicted molar refractivity (Wildman–Crippen MR) is 80.4 cm³/mol. The summed E-state index contributed by atoms with van der Waals surface area (Å²) in [5, 5.41) is 14.2. The first kappa shape index (κ1) is 15.4. The van der Waals surface area contributed by atoms with Gasteiger partial charge in [-0.3, -0.25) is 15.1 Å². The minimum Gasteiger partial charge on any atom is -0.367 e. The molecule has 0 bridgehead atoms. The van der Waals surface area contributed by atoms with Crippen LogP contribution in [0.5, 0.6) is 0 Å². The van der Waals surface area contributed by atoms with E-state index < -0.39 is 14.8 Å². The first-order valence-corrected chi connectivity index (χ1v) is 8.61. The van der Waals surface area contributed by atoms with Gasteiger partial charge < -0.3 is 5.32 Å². The van der Waals surface area contributed by atoms with Gasteiger partial charge in [0.05, 0.1) is 4.92 Å². The molecule has 0 spiro atoms. The molecule has 2 rings (SSSR count). The van der Waals surface area contributed by atoms with Gasteiger partial charge in [-0.2, -0.15) is 0 Å². The summed E-state index contributed by atoms with van der Waals surface area (Å²) < 4.78 is 23.0. The van der Waals surface area contributed by atoms with E-state index in [2.05, 4.69) is 10.3 Å². The van der Waals surface area contributed by atoms with Gasteiger partial charge >= 0.3 is 5.69 Å². The van der Waals surface area contributed by atoms with Crippen LogP contribution in [0.15, 0.2) is 28.7 Å². The number of nitrogens with one attached hydrogen (secondary N) is 1. The van der Waals surface area contributed by atoms with Gasteiger partial charge in [-0.1, -0.05) is 11.3 Å². The number of sulfone groups is 1. The minimum atomic E-state index is -3.47. The SMILES string of the molecule is Cc1cnccc1CNc1sc(S(C)(=O)=O)cc1[N+](=O)[O-]. The summed E-state index contributed by atoms with van der Waals surface area (Å²) in [6, 6.07) is 2.89. The van der Waals surface area contributed by atoms with Crippen LogP contribution in [0.25, 0.3) is 0 Å². The molecule has 0 aliphatic carbocycles. The second-order valence-electron chi connectivity index (χ2n) is 4.46. The average molecular weight is 327 g/mol. The summed E-state index contributed by atoms with van der Waals surface area (Å²) in [7, 11) is -3.47. The molecule has 0 saturated heterocycles. The molecule has 2 aromatic rings. The Kier molecular flexibility index (Phi) is 4.24. The van der Waals surface area contributed by atoms with Gasteiger partial charge in [0.25, 0.3) is 0 Å². The summed E-state index contributed by atoms with van der Waals surface area (Å²) in [5.41, 5.74) is 1.66. The highest BCUT2D eigenvalue weighted by Crippen LogP contribution is 2.37. The van der Waals surface area contributed by atoms with Crippen molar-refractivity contribution in [2.75, 3.05) is 11.6 Å². The lowest BCUT2D eigenvalue weighted by Gasteiger charge is -2.06. The van der Waals surface area contributed by atoms with E-state index in [0.29, 0.717) is 6.54 Å². The van der Waals surface area contributed by atoms with E-state index in [4.69, 9.17) is 0 Å². The Hall–Kier alpha value is -2.00. The summed E-state index contributed by atoms with van der Waals surface area (Å²) >= 11 is 0.864. The lowest BCUT2D eigenvalue weighted by Crippen LogP contribution is -2.02. The minimum absolute atomic E-state index is 0.0249. The van der Waals surface area contributed by atoms with Crippen molar-refractivity contribution in [3.05, 3.63) is 45.8 Å². The van der Waals surface area contributed by atoms with Crippen LogP contribution in [0, 0.1) is 17.0 Å². The average Bonchev–Trinajstić information content (AvgIpc) is 2.82. The van der Waals surface area contributed by atoms with E-state index in [1.165, 1.54) is 0 Å². The smallest absolute Gasteiger partial charge is 0.304 e. The third kappa shape index (κ3) is 3.56. The normalized spacial score (nSPS) is 11.3. The maximum Gasteiger partial charge on any atom is 0.304 e. The molecule has 7 nitrogen and oxygen atoms in total.